The minimum Gasteiger partial charge on any atom is -0.493 e. The number of nitrogens with one attached hydrogen (secondary N) is 1. The van der Waals surface area contributed by atoms with Gasteiger partial charge in [0.1, 0.15) is 11.6 Å². The van der Waals surface area contributed by atoms with E-state index in [0.717, 1.165) is 6.07 Å². The first-order chi connectivity index (χ1) is 9.90. The Balaban J connectivity index is 2.41. The maximum absolute atomic E-state index is 13.4. The van der Waals surface area contributed by atoms with Crippen molar-refractivity contribution in [3.63, 3.8) is 0 Å². The first-order valence-electron chi connectivity index (χ1n) is 6.59. The van der Waals surface area contributed by atoms with Gasteiger partial charge >= 0.3 is 6.18 Å². The Morgan fingerprint density at radius 1 is 1.14 bits per heavy atom. The van der Waals surface area contributed by atoms with Gasteiger partial charge in [-0.25, -0.2) is 4.39 Å². The van der Waals surface area contributed by atoms with Crippen LogP contribution in [0.25, 0.3) is 0 Å². The van der Waals surface area contributed by atoms with Crippen molar-refractivity contribution in [2.45, 2.75) is 25.6 Å². The minimum absolute atomic E-state index is 0.0977. The number of hydrogen-bond donors (Lipinski definition) is 1. The van der Waals surface area contributed by atoms with Crippen molar-refractivity contribution in [2.24, 2.45) is 0 Å². The summed E-state index contributed by atoms with van der Waals surface area (Å²) in [5.74, 6) is -0.243. The summed E-state index contributed by atoms with van der Waals surface area (Å²) in [5.41, 5.74) is 0.664. The molecule has 0 aliphatic heterocycles. The molecule has 0 aliphatic rings. The van der Waals surface area contributed by atoms with E-state index >= 15 is 0 Å². The van der Waals surface area contributed by atoms with E-state index in [1.165, 1.54) is 6.07 Å². The number of methoxy groups -OCH3 is 1. The molecule has 0 fully saturated rings. The highest BCUT2D eigenvalue weighted by molar-refractivity contribution is 5.29. The molecule has 21 heavy (non-hydrogen) atoms. The number of ether oxygens (including phenoxy) is 2. The van der Waals surface area contributed by atoms with Crippen LogP contribution in [-0.4, -0.2) is 33.0 Å². The highest BCUT2D eigenvalue weighted by Gasteiger charge is 2.26. The zero-order valence-corrected chi connectivity index (χ0v) is 11.8. The summed E-state index contributed by atoms with van der Waals surface area (Å²) in [6.45, 7) is 1.49. The van der Waals surface area contributed by atoms with Crippen molar-refractivity contribution in [1.29, 1.82) is 0 Å². The van der Waals surface area contributed by atoms with Gasteiger partial charge in [0.05, 0.1) is 13.2 Å². The molecule has 0 saturated carbocycles. The quantitative estimate of drug-likeness (QED) is 0.561. The second-order valence-electron chi connectivity index (χ2n) is 4.53. The third-order valence-corrected chi connectivity index (χ3v) is 2.62. The number of alkyl halides is 3. The van der Waals surface area contributed by atoms with E-state index in [4.69, 9.17) is 9.47 Å². The molecule has 0 radical (unpaired) electrons. The molecule has 3 nitrogen and oxygen atoms in total. The molecule has 1 rings (SSSR count). The number of hydrogen-bond acceptors (Lipinski definition) is 3. The number of benzene rings is 1. The van der Waals surface area contributed by atoms with Gasteiger partial charge in [-0.3, -0.25) is 0 Å². The van der Waals surface area contributed by atoms with Crippen molar-refractivity contribution in [3.8, 4) is 5.75 Å². The van der Waals surface area contributed by atoms with Gasteiger partial charge in [-0.15, -0.1) is 0 Å². The average Bonchev–Trinajstić information content (AvgIpc) is 2.38. The van der Waals surface area contributed by atoms with Crippen molar-refractivity contribution in [3.05, 3.63) is 29.6 Å². The third kappa shape index (κ3) is 8.52. The normalized spacial score (nSPS) is 11.7. The summed E-state index contributed by atoms with van der Waals surface area (Å²) in [7, 11) is 1.58. The van der Waals surface area contributed by atoms with E-state index in [-0.39, 0.29) is 18.8 Å². The Kier molecular flexibility index (Phi) is 7.45. The first kappa shape index (κ1) is 17.7. The lowest BCUT2D eigenvalue weighted by Gasteiger charge is -2.10. The molecule has 0 unspecified atom stereocenters. The van der Waals surface area contributed by atoms with Crippen LogP contribution >= 0.6 is 0 Å². The Morgan fingerprint density at radius 3 is 2.57 bits per heavy atom. The minimum atomic E-state index is -4.19. The second kappa shape index (κ2) is 8.84. The molecule has 0 saturated heterocycles. The number of halogens is 4. The second-order valence-corrected chi connectivity index (χ2v) is 4.53. The highest BCUT2D eigenvalue weighted by Crippen LogP contribution is 2.22. The largest absolute Gasteiger partial charge is 0.493 e. The third-order valence-electron chi connectivity index (χ3n) is 2.62. The Labute approximate surface area is 121 Å². The summed E-state index contributed by atoms with van der Waals surface area (Å²) in [6.07, 6.45) is -5.25. The van der Waals surface area contributed by atoms with Crippen LogP contribution in [0.5, 0.6) is 5.75 Å². The molecule has 0 heterocycles. The zero-order valence-electron chi connectivity index (χ0n) is 11.8. The van der Waals surface area contributed by atoms with Gasteiger partial charge in [0.15, 0.2) is 0 Å². The van der Waals surface area contributed by atoms with Crippen LogP contribution in [0.15, 0.2) is 18.2 Å². The summed E-state index contributed by atoms with van der Waals surface area (Å²) in [4.78, 5) is 0. The van der Waals surface area contributed by atoms with Crippen molar-refractivity contribution in [1.82, 2.24) is 5.32 Å². The van der Waals surface area contributed by atoms with Crippen LogP contribution in [0.4, 0.5) is 17.6 Å². The lowest BCUT2D eigenvalue weighted by molar-refractivity contribution is -0.136. The van der Waals surface area contributed by atoms with E-state index in [9.17, 15) is 17.6 Å². The van der Waals surface area contributed by atoms with Crippen molar-refractivity contribution < 1.29 is 27.0 Å². The molecular formula is C14H19F4NO2. The van der Waals surface area contributed by atoms with E-state index in [2.05, 4.69) is 5.32 Å². The molecule has 7 heteroatoms. The molecule has 120 valence electrons. The molecule has 0 aromatic heterocycles. The molecule has 0 amide bonds. The van der Waals surface area contributed by atoms with Gasteiger partial charge in [0.25, 0.3) is 0 Å². The summed E-state index contributed by atoms with van der Waals surface area (Å²) < 4.78 is 59.3. The van der Waals surface area contributed by atoms with Gasteiger partial charge in [0.2, 0.25) is 0 Å². The standard InChI is InChI=1S/C14H19F4NO2/c1-20-6-4-19-10-11-7-12(15)9-13(8-11)21-5-2-3-14(16,17)18/h7-9,19H,2-6,10H2,1H3. The van der Waals surface area contributed by atoms with Gasteiger partial charge in [0, 0.05) is 32.7 Å². The lowest BCUT2D eigenvalue weighted by atomic mass is 10.2. The fraction of sp³-hybridized carbons (Fsp3) is 0.571. The molecular weight excluding hydrogens is 290 g/mol. The molecule has 0 spiro atoms. The molecule has 0 aliphatic carbocycles. The van der Waals surface area contributed by atoms with Crippen LogP contribution in [-0.2, 0) is 11.3 Å². The van der Waals surface area contributed by atoms with Crippen LogP contribution in [0.2, 0.25) is 0 Å². The summed E-state index contributed by atoms with van der Waals surface area (Å²) in [5, 5.41) is 3.05. The van der Waals surface area contributed by atoms with Crippen LogP contribution in [0.3, 0.4) is 0 Å². The topological polar surface area (TPSA) is 30.5 Å². The van der Waals surface area contributed by atoms with Crippen molar-refractivity contribution >= 4 is 0 Å². The molecule has 1 aromatic rings. The van der Waals surface area contributed by atoms with E-state index in [0.29, 0.717) is 25.3 Å². The zero-order chi connectivity index (χ0) is 15.7. The Bertz CT molecular complexity index is 424. The van der Waals surface area contributed by atoms with E-state index < -0.39 is 18.4 Å². The van der Waals surface area contributed by atoms with E-state index in [1.54, 1.807) is 13.2 Å². The predicted molar refractivity (Wildman–Crippen MR) is 70.8 cm³/mol. The Morgan fingerprint density at radius 2 is 1.90 bits per heavy atom. The predicted octanol–water partition coefficient (Wildman–Crippen LogP) is 3.28. The SMILES string of the molecule is COCCNCc1cc(F)cc(OCCCC(F)(F)F)c1. The van der Waals surface area contributed by atoms with Crippen LogP contribution in [0, 0.1) is 5.82 Å². The van der Waals surface area contributed by atoms with Crippen LogP contribution < -0.4 is 10.1 Å². The lowest BCUT2D eigenvalue weighted by Crippen LogP contribution is -2.18. The summed E-state index contributed by atoms with van der Waals surface area (Å²) >= 11 is 0. The van der Waals surface area contributed by atoms with Gasteiger partial charge < -0.3 is 14.8 Å². The smallest absolute Gasteiger partial charge is 0.389 e. The highest BCUT2D eigenvalue weighted by atomic mass is 19.4. The summed E-state index contributed by atoms with van der Waals surface area (Å²) in [6, 6.07) is 4.12. The molecule has 0 bridgehead atoms. The Hall–Kier alpha value is -1.34. The molecule has 1 aromatic carbocycles. The molecule has 0 atom stereocenters. The van der Waals surface area contributed by atoms with Crippen molar-refractivity contribution in [2.75, 3.05) is 26.9 Å². The van der Waals surface area contributed by atoms with Gasteiger partial charge in [-0.2, -0.15) is 13.2 Å². The molecule has 1 N–H and O–H groups in total. The van der Waals surface area contributed by atoms with Gasteiger partial charge in [-0.1, -0.05) is 0 Å². The maximum Gasteiger partial charge on any atom is 0.389 e. The van der Waals surface area contributed by atoms with Gasteiger partial charge in [-0.05, 0) is 24.1 Å². The first-order valence-corrected chi connectivity index (χ1v) is 6.59. The fourth-order valence-electron chi connectivity index (χ4n) is 1.68. The maximum atomic E-state index is 13.4. The van der Waals surface area contributed by atoms with E-state index in [1.807, 2.05) is 0 Å². The monoisotopic (exact) mass is 309 g/mol. The average molecular weight is 309 g/mol. The number of rotatable bonds is 9. The fourth-order valence-corrected chi connectivity index (χ4v) is 1.68. The van der Waals surface area contributed by atoms with Crippen LogP contribution in [0.1, 0.15) is 18.4 Å².